The van der Waals surface area contributed by atoms with Crippen LogP contribution in [0, 0.1) is 0 Å². The van der Waals surface area contributed by atoms with Crippen molar-refractivity contribution < 1.29 is 9.90 Å². The van der Waals surface area contributed by atoms with Crippen molar-refractivity contribution in [3.8, 4) is 5.75 Å². The molecule has 114 valence electrons. The highest BCUT2D eigenvalue weighted by molar-refractivity contribution is 6.05. The molecule has 0 atom stereocenters. The van der Waals surface area contributed by atoms with Crippen LogP contribution in [0.5, 0.6) is 5.75 Å². The summed E-state index contributed by atoms with van der Waals surface area (Å²) >= 11 is 0. The van der Waals surface area contributed by atoms with Gasteiger partial charge in [0.1, 0.15) is 5.75 Å². The fourth-order valence-corrected chi connectivity index (χ4v) is 1.98. The third-order valence-electron chi connectivity index (χ3n) is 3.11. The van der Waals surface area contributed by atoms with E-state index < -0.39 is 0 Å². The molecule has 0 unspecified atom stereocenters. The molecule has 0 aliphatic carbocycles. The highest BCUT2D eigenvalue weighted by Crippen LogP contribution is 2.24. The Morgan fingerprint density at radius 1 is 1.00 bits per heavy atom. The first-order valence-electron chi connectivity index (χ1n) is 6.95. The van der Waals surface area contributed by atoms with Gasteiger partial charge in [-0.1, -0.05) is 0 Å². The van der Waals surface area contributed by atoms with Gasteiger partial charge >= 0.3 is 0 Å². The quantitative estimate of drug-likeness (QED) is 0.644. The molecule has 0 fully saturated rings. The van der Waals surface area contributed by atoms with Crippen molar-refractivity contribution in [2.45, 2.75) is 0 Å². The third-order valence-corrected chi connectivity index (χ3v) is 3.11. The molecule has 0 bridgehead atoms. The fraction of sp³-hybridized carbons (Fsp3) is 0. The maximum atomic E-state index is 12.2. The fourth-order valence-electron chi connectivity index (χ4n) is 1.98. The van der Waals surface area contributed by atoms with Crippen molar-refractivity contribution in [2.24, 2.45) is 0 Å². The first kappa shape index (κ1) is 14.5. The standard InChI is InChI=1S/C17H14N4O2/c22-14-7-5-13(6-8-14)20-16-15(4-2-10-19-16)21-17(23)12-3-1-9-18-11-12/h1-11,22H,(H,19,20)(H,21,23). The second kappa shape index (κ2) is 6.57. The number of carbonyl (C=O) groups is 1. The van der Waals surface area contributed by atoms with E-state index in [1.165, 1.54) is 6.20 Å². The molecule has 0 aliphatic rings. The Morgan fingerprint density at radius 2 is 1.78 bits per heavy atom. The minimum Gasteiger partial charge on any atom is -0.508 e. The Labute approximate surface area is 132 Å². The molecule has 1 amide bonds. The Hall–Kier alpha value is -3.41. The van der Waals surface area contributed by atoms with Crippen molar-refractivity contribution >= 4 is 23.1 Å². The smallest absolute Gasteiger partial charge is 0.257 e. The van der Waals surface area contributed by atoms with E-state index in [0.29, 0.717) is 17.1 Å². The highest BCUT2D eigenvalue weighted by atomic mass is 16.3. The topological polar surface area (TPSA) is 87.1 Å². The molecular weight excluding hydrogens is 292 g/mol. The lowest BCUT2D eigenvalue weighted by molar-refractivity contribution is 0.102. The molecule has 0 aliphatic heterocycles. The van der Waals surface area contributed by atoms with Gasteiger partial charge in [-0.2, -0.15) is 0 Å². The zero-order valence-corrected chi connectivity index (χ0v) is 12.1. The number of nitrogens with one attached hydrogen (secondary N) is 2. The molecule has 2 aromatic heterocycles. The third kappa shape index (κ3) is 3.62. The summed E-state index contributed by atoms with van der Waals surface area (Å²) < 4.78 is 0. The maximum Gasteiger partial charge on any atom is 0.257 e. The molecule has 6 heteroatoms. The van der Waals surface area contributed by atoms with E-state index in [0.717, 1.165) is 5.69 Å². The number of hydrogen-bond acceptors (Lipinski definition) is 5. The van der Waals surface area contributed by atoms with Gasteiger partial charge in [0, 0.05) is 24.3 Å². The van der Waals surface area contributed by atoms with E-state index in [2.05, 4.69) is 20.6 Å². The van der Waals surface area contributed by atoms with Gasteiger partial charge in [-0.05, 0) is 48.5 Å². The van der Waals surface area contributed by atoms with Gasteiger partial charge in [-0.15, -0.1) is 0 Å². The van der Waals surface area contributed by atoms with Crippen LogP contribution in [-0.4, -0.2) is 21.0 Å². The monoisotopic (exact) mass is 306 g/mol. The van der Waals surface area contributed by atoms with Gasteiger partial charge in [0.2, 0.25) is 0 Å². The number of aromatic hydroxyl groups is 1. The molecule has 3 N–H and O–H groups in total. The number of benzene rings is 1. The number of carbonyl (C=O) groups excluding carboxylic acids is 1. The first-order valence-corrected chi connectivity index (χ1v) is 6.95. The number of hydrogen-bond donors (Lipinski definition) is 3. The van der Waals surface area contributed by atoms with Gasteiger partial charge in [0.25, 0.3) is 5.91 Å². The average molecular weight is 306 g/mol. The van der Waals surface area contributed by atoms with E-state index in [-0.39, 0.29) is 11.7 Å². The Bertz CT molecular complexity index is 804. The first-order chi connectivity index (χ1) is 11.2. The Kier molecular flexibility index (Phi) is 4.15. The van der Waals surface area contributed by atoms with Crippen LogP contribution in [0.3, 0.4) is 0 Å². The van der Waals surface area contributed by atoms with Crippen molar-refractivity contribution in [3.05, 3.63) is 72.7 Å². The minimum absolute atomic E-state index is 0.182. The van der Waals surface area contributed by atoms with Gasteiger partial charge in [-0.25, -0.2) is 4.98 Å². The molecular formula is C17H14N4O2. The van der Waals surface area contributed by atoms with E-state index >= 15 is 0 Å². The molecule has 0 spiro atoms. The van der Waals surface area contributed by atoms with E-state index in [9.17, 15) is 9.90 Å². The van der Waals surface area contributed by atoms with Crippen LogP contribution in [0.2, 0.25) is 0 Å². The zero-order chi connectivity index (χ0) is 16.1. The van der Waals surface area contributed by atoms with E-state index in [1.54, 1.807) is 60.9 Å². The van der Waals surface area contributed by atoms with Crippen LogP contribution < -0.4 is 10.6 Å². The zero-order valence-electron chi connectivity index (χ0n) is 12.1. The lowest BCUT2D eigenvalue weighted by atomic mass is 10.2. The molecule has 3 rings (SSSR count). The Balaban J connectivity index is 1.80. The number of nitrogens with zero attached hydrogens (tertiary/aromatic N) is 2. The van der Waals surface area contributed by atoms with Crippen molar-refractivity contribution in [1.29, 1.82) is 0 Å². The van der Waals surface area contributed by atoms with E-state index in [1.807, 2.05) is 0 Å². The summed E-state index contributed by atoms with van der Waals surface area (Å²) in [4.78, 5) is 20.4. The predicted molar refractivity (Wildman–Crippen MR) is 87.8 cm³/mol. The summed E-state index contributed by atoms with van der Waals surface area (Å²) in [6.45, 7) is 0. The largest absolute Gasteiger partial charge is 0.508 e. The molecule has 0 radical (unpaired) electrons. The van der Waals surface area contributed by atoms with Crippen LogP contribution in [0.25, 0.3) is 0 Å². The van der Waals surface area contributed by atoms with Crippen LogP contribution in [0.15, 0.2) is 67.1 Å². The van der Waals surface area contributed by atoms with Crippen molar-refractivity contribution in [1.82, 2.24) is 9.97 Å². The summed E-state index contributed by atoms with van der Waals surface area (Å²) in [6, 6.07) is 13.5. The molecule has 1 aromatic carbocycles. The van der Waals surface area contributed by atoms with Crippen LogP contribution in [0.4, 0.5) is 17.2 Å². The summed E-state index contributed by atoms with van der Waals surface area (Å²) in [7, 11) is 0. The average Bonchev–Trinajstić information content (AvgIpc) is 2.59. The number of amides is 1. The highest BCUT2D eigenvalue weighted by Gasteiger charge is 2.10. The Morgan fingerprint density at radius 3 is 2.52 bits per heavy atom. The molecule has 23 heavy (non-hydrogen) atoms. The lowest BCUT2D eigenvalue weighted by Gasteiger charge is -2.12. The molecule has 0 saturated heterocycles. The number of anilines is 3. The summed E-state index contributed by atoms with van der Waals surface area (Å²) in [5.74, 6) is 0.428. The van der Waals surface area contributed by atoms with Crippen LogP contribution in [0.1, 0.15) is 10.4 Å². The normalized spacial score (nSPS) is 10.1. The number of pyridine rings is 2. The summed E-state index contributed by atoms with van der Waals surface area (Å²) in [5, 5.41) is 15.2. The number of rotatable bonds is 4. The van der Waals surface area contributed by atoms with Gasteiger partial charge < -0.3 is 15.7 Å². The summed E-state index contributed by atoms with van der Waals surface area (Å²) in [5.41, 5.74) is 1.76. The maximum absolute atomic E-state index is 12.2. The van der Waals surface area contributed by atoms with Crippen LogP contribution in [-0.2, 0) is 0 Å². The number of phenols is 1. The van der Waals surface area contributed by atoms with Crippen LogP contribution >= 0.6 is 0 Å². The molecule has 6 nitrogen and oxygen atoms in total. The second-order valence-corrected chi connectivity index (χ2v) is 4.77. The lowest BCUT2D eigenvalue weighted by Crippen LogP contribution is -2.13. The number of aromatic nitrogens is 2. The number of phenolic OH excluding ortho intramolecular Hbond substituents is 1. The SMILES string of the molecule is O=C(Nc1cccnc1Nc1ccc(O)cc1)c1cccnc1. The van der Waals surface area contributed by atoms with Gasteiger partial charge in [-0.3, -0.25) is 9.78 Å². The molecule has 3 aromatic rings. The van der Waals surface area contributed by atoms with Gasteiger partial charge in [0.15, 0.2) is 5.82 Å². The predicted octanol–water partition coefficient (Wildman–Crippen LogP) is 3.18. The van der Waals surface area contributed by atoms with Crippen molar-refractivity contribution in [2.75, 3.05) is 10.6 Å². The second-order valence-electron chi connectivity index (χ2n) is 4.77. The molecule has 2 heterocycles. The van der Waals surface area contributed by atoms with E-state index in [4.69, 9.17) is 0 Å². The minimum atomic E-state index is -0.264. The van der Waals surface area contributed by atoms with Gasteiger partial charge in [0.05, 0.1) is 11.3 Å². The molecule has 0 saturated carbocycles. The van der Waals surface area contributed by atoms with Crippen molar-refractivity contribution in [3.63, 3.8) is 0 Å². The summed E-state index contributed by atoms with van der Waals surface area (Å²) in [6.07, 6.45) is 4.74.